The molecule has 0 saturated heterocycles. The van der Waals surface area contributed by atoms with Gasteiger partial charge in [0.15, 0.2) is 0 Å². The van der Waals surface area contributed by atoms with Crippen molar-refractivity contribution in [1.82, 2.24) is 0 Å². The summed E-state index contributed by atoms with van der Waals surface area (Å²) in [5, 5.41) is 0. The van der Waals surface area contributed by atoms with E-state index in [2.05, 4.69) is 9.47 Å². The zero-order chi connectivity index (χ0) is 39.0. The van der Waals surface area contributed by atoms with Crippen LogP contribution in [-0.4, -0.2) is 0 Å². The molecule has 0 fully saturated rings. The summed E-state index contributed by atoms with van der Waals surface area (Å²) in [6.45, 7) is 0. The molecule has 4 nitrogen and oxygen atoms in total. The summed E-state index contributed by atoms with van der Waals surface area (Å²) in [5.41, 5.74) is -16.1. The Balaban J connectivity index is 2.41. The lowest BCUT2D eigenvalue weighted by molar-refractivity contribution is -0.163. The van der Waals surface area contributed by atoms with Gasteiger partial charge in [-0.3, -0.25) is 0 Å². The van der Waals surface area contributed by atoms with Crippen LogP contribution in [0.3, 0.4) is 0 Å². The molecule has 3 aromatic carbocycles. The first-order valence-electron chi connectivity index (χ1n) is 12.0. The molecule has 50 heavy (non-hydrogen) atoms. The third-order valence-corrected chi connectivity index (χ3v) is 6.11. The van der Waals surface area contributed by atoms with Crippen LogP contribution >= 0.6 is 0 Å². The van der Waals surface area contributed by atoms with E-state index in [1.165, 1.54) is 0 Å². The molecule has 25 heteroatoms. The summed E-state index contributed by atoms with van der Waals surface area (Å²) in [4.78, 5) is 0. The van der Waals surface area contributed by atoms with Crippen LogP contribution < -0.4 is 20.9 Å². The third kappa shape index (κ3) is 8.05. The lowest BCUT2D eigenvalue weighted by atomic mass is 9.98. The zero-order valence-electron chi connectivity index (χ0n) is 22.8. The molecule has 0 aromatic heterocycles. The molecule has 0 atom stereocenters. The number of ether oxygens (including phenoxy) is 2. The Morgan fingerprint density at radius 3 is 0.960 bits per heavy atom. The number of rotatable bonds is 4. The first kappa shape index (κ1) is 39.8. The highest BCUT2D eigenvalue weighted by Gasteiger charge is 2.52. The molecular formula is C25H9F21N2O2. The Labute approximate surface area is 260 Å². The lowest BCUT2D eigenvalue weighted by Crippen LogP contribution is -2.23. The first-order valence-corrected chi connectivity index (χ1v) is 12.0. The van der Waals surface area contributed by atoms with Crippen molar-refractivity contribution in [3.8, 4) is 23.0 Å². The van der Waals surface area contributed by atoms with Gasteiger partial charge in [0.2, 0.25) is 0 Å². The molecule has 0 heterocycles. The highest BCUT2D eigenvalue weighted by atomic mass is 19.4. The van der Waals surface area contributed by atoms with Crippen LogP contribution in [0.15, 0.2) is 30.3 Å². The molecule has 278 valence electrons. The van der Waals surface area contributed by atoms with E-state index in [-0.39, 0.29) is 12.1 Å². The van der Waals surface area contributed by atoms with Gasteiger partial charge in [-0.15, -0.1) is 0 Å². The van der Waals surface area contributed by atoms with Crippen LogP contribution in [-0.2, 0) is 43.2 Å². The van der Waals surface area contributed by atoms with E-state index in [1.807, 2.05) is 0 Å². The van der Waals surface area contributed by atoms with E-state index < -0.39 is 135 Å². The number of benzene rings is 3. The summed E-state index contributed by atoms with van der Waals surface area (Å²) < 4.78 is 294. The zero-order valence-corrected chi connectivity index (χ0v) is 22.8. The molecular weight excluding hydrogens is 759 g/mol. The Morgan fingerprint density at radius 2 is 0.660 bits per heavy atom. The minimum atomic E-state index is -6.28. The number of halogens is 21. The summed E-state index contributed by atoms with van der Waals surface area (Å²) in [6.07, 6.45) is -43.1. The van der Waals surface area contributed by atoms with Gasteiger partial charge in [-0.05, 0) is 24.3 Å². The standard InChI is InChI=1S/C25H9F21N2O2/c26-19(27,28)7-2-1-6(49-11-4-8(20(29,30)31)13(22(35,36)37)17(47)15(11)24(41,42)43)3-10(7)50-12-5-9(21(32,33)34)14(23(38,39)40)18(48)16(12)25(44,45)46/h1-5H,47-48H2. The Hall–Kier alpha value is -4.61. The van der Waals surface area contributed by atoms with E-state index >= 15 is 0 Å². The van der Waals surface area contributed by atoms with Crippen molar-refractivity contribution >= 4 is 11.4 Å². The van der Waals surface area contributed by atoms with Gasteiger partial charge in [0.25, 0.3) is 0 Å². The van der Waals surface area contributed by atoms with Crippen LogP contribution in [0.1, 0.15) is 38.9 Å². The minimum absolute atomic E-state index is 0.0795. The SMILES string of the molecule is Nc1c(C(F)(F)F)c(Oc2ccc(C(F)(F)F)c(Oc3cc(C(F)(F)F)c(C(F)(F)F)c(N)c3C(F)(F)F)c2)cc(C(F)(F)F)c1C(F)(F)F. The van der Waals surface area contributed by atoms with E-state index in [1.54, 1.807) is 0 Å². The second-order valence-electron chi connectivity index (χ2n) is 9.52. The number of hydrogen-bond donors (Lipinski definition) is 2. The summed E-state index contributed by atoms with van der Waals surface area (Å²) in [6, 6.07) is -2.84. The Bertz CT molecular complexity index is 1770. The molecule has 0 unspecified atom stereocenters. The van der Waals surface area contributed by atoms with Gasteiger partial charge >= 0.3 is 43.2 Å². The van der Waals surface area contributed by atoms with E-state index in [9.17, 15) is 92.2 Å². The molecule has 0 aliphatic carbocycles. The van der Waals surface area contributed by atoms with Crippen molar-refractivity contribution in [2.75, 3.05) is 11.5 Å². The minimum Gasteiger partial charge on any atom is -0.456 e. The molecule has 4 N–H and O–H groups in total. The second kappa shape index (κ2) is 12.0. The number of nitrogens with two attached hydrogens (primary N) is 2. The highest BCUT2D eigenvalue weighted by molar-refractivity contribution is 5.68. The highest BCUT2D eigenvalue weighted by Crippen LogP contribution is 2.55. The van der Waals surface area contributed by atoms with Gasteiger partial charge in [-0.1, -0.05) is 0 Å². The fourth-order valence-electron chi connectivity index (χ4n) is 4.29. The molecule has 0 saturated carbocycles. The predicted octanol–water partition coefficient (Wildman–Crippen LogP) is 11.6. The fraction of sp³-hybridized carbons (Fsp3) is 0.280. The normalized spacial score (nSPS) is 13.9. The smallest absolute Gasteiger partial charge is 0.421 e. The number of alkyl halides is 21. The van der Waals surface area contributed by atoms with Crippen molar-refractivity contribution in [3.63, 3.8) is 0 Å². The van der Waals surface area contributed by atoms with Gasteiger partial charge in [0, 0.05) is 6.07 Å². The molecule has 3 aromatic rings. The lowest BCUT2D eigenvalue weighted by Gasteiger charge is -2.25. The molecule has 0 radical (unpaired) electrons. The maximum atomic E-state index is 13.8. The van der Waals surface area contributed by atoms with Gasteiger partial charge in [0.1, 0.15) is 34.1 Å². The molecule has 0 spiro atoms. The Morgan fingerprint density at radius 1 is 0.340 bits per heavy atom. The molecule has 0 amide bonds. The molecule has 0 bridgehead atoms. The Kier molecular flexibility index (Phi) is 9.57. The summed E-state index contributed by atoms with van der Waals surface area (Å²) in [5.74, 6) is -8.63. The van der Waals surface area contributed by atoms with E-state index in [0.717, 1.165) is 0 Å². The largest absolute Gasteiger partial charge is 0.456 e. The number of anilines is 2. The van der Waals surface area contributed by atoms with Gasteiger partial charge in [-0.2, -0.15) is 92.2 Å². The summed E-state index contributed by atoms with van der Waals surface area (Å²) in [7, 11) is 0. The van der Waals surface area contributed by atoms with Crippen molar-refractivity contribution in [2.24, 2.45) is 0 Å². The van der Waals surface area contributed by atoms with Crippen molar-refractivity contribution in [1.29, 1.82) is 0 Å². The average Bonchev–Trinajstić information content (AvgIpc) is 2.83. The van der Waals surface area contributed by atoms with Crippen LogP contribution in [0.5, 0.6) is 23.0 Å². The number of nitrogen functional groups attached to an aromatic ring is 2. The van der Waals surface area contributed by atoms with E-state index in [0.29, 0.717) is 0 Å². The van der Waals surface area contributed by atoms with Gasteiger partial charge in [0.05, 0.1) is 39.2 Å². The quantitative estimate of drug-likeness (QED) is 0.205. The maximum Gasteiger partial charge on any atom is 0.421 e. The monoisotopic (exact) mass is 768 g/mol. The summed E-state index contributed by atoms with van der Waals surface area (Å²) >= 11 is 0. The second-order valence-corrected chi connectivity index (χ2v) is 9.52. The van der Waals surface area contributed by atoms with Crippen LogP contribution in [0, 0.1) is 0 Å². The average molecular weight is 768 g/mol. The molecule has 3 rings (SSSR count). The topological polar surface area (TPSA) is 70.5 Å². The van der Waals surface area contributed by atoms with Crippen molar-refractivity contribution < 1.29 is 102 Å². The van der Waals surface area contributed by atoms with Crippen LogP contribution in [0.25, 0.3) is 0 Å². The maximum absolute atomic E-state index is 13.8. The number of hydrogen-bond acceptors (Lipinski definition) is 4. The van der Waals surface area contributed by atoms with Crippen LogP contribution in [0.2, 0.25) is 0 Å². The first-order chi connectivity index (χ1) is 22.1. The molecule has 0 aliphatic rings. The van der Waals surface area contributed by atoms with Crippen molar-refractivity contribution in [3.05, 3.63) is 69.3 Å². The van der Waals surface area contributed by atoms with E-state index in [4.69, 9.17) is 11.5 Å². The predicted molar refractivity (Wildman–Crippen MR) is 123 cm³/mol. The third-order valence-electron chi connectivity index (χ3n) is 6.11. The fourth-order valence-corrected chi connectivity index (χ4v) is 4.29. The van der Waals surface area contributed by atoms with Crippen molar-refractivity contribution in [2.45, 2.75) is 43.2 Å². The van der Waals surface area contributed by atoms with Gasteiger partial charge < -0.3 is 20.9 Å². The van der Waals surface area contributed by atoms with Crippen LogP contribution in [0.4, 0.5) is 104 Å². The molecule has 0 aliphatic heterocycles. The van der Waals surface area contributed by atoms with Gasteiger partial charge in [-0.25, -0.2) is 0 Å².